The van der Waals surface area contributed by atoms with E-state index in [-0.39, 0.29) is 36.0 Å². The van der Waals surface area contributed by atoms with Crippen molar-refractivity contribution in [3.8, 4) is 22.8 Å². The molecule has 1 aliphatic heterocycles. The summed E-state index contributed by atoms with van der Waals surface area (Å²) < 4.78 is 70.4. The second kappa shape index (κ2) is 9.14. The van der Waals surface area contributed by atoms with E-state index in [9.17, 15) is 16.8 Å². The fourth-order valence-electron chi connectivity index (χ4n) is 3.58. The number of oxazole rings is 1. The fraction of sp³-hybridized carbons (Fsp3) is 0.286. The number of ether oxygens (including phenoxy) is 2. The van der Waals surface area contributed by atoms with Gasteiger partial charge in [0.05, 0.1) is 30.2 Å². The molecule has 0 aliphatic carbocycles. The molecular weight excluding hydrogens is 470 g/mol. The van der Waals surface area contributed by atoms with Crippen molar-refractivity contribution in [3.63, 3.8) is 0 Å². The maximum absolute atomic E-state index is 13.1. The van der Waals surface area contributed by atoms with Crippen LogP contribution in [0.15, 0.2) is 69.3 Å². The zero-order chi connectivity index (χ0) is 23.6. The Hall–Kier alpha value is -2.93. The number of methoxy groups -OCH3 is 2. The number of sulfonamides is 2. The first-order chi connectivity index (χ1) is 15.8. The summed E-state index contributed by atoms with van der Waals surface area (Å²) in [7, 11) is -4.70. The average Bonchev–Trinajstić information content (AvgIpc) is 3.39. The lowest BCUT2D eigenvalue weighted by Gasteiger charge is -2.33. The van der Waals surface area contributed by atoms with Gasteiger partial charge in [-0.05, 0) is 36.4 Å². The standard InChI is InChI=1S/C21H23N3O7S2/c1-29-19-8-7-18(13-20(19)30-2)33(27,28)24-11-9-23(10-12-24)32(25,26)17-5-3-16(4-6-17)21-14-22-15-31-21/h3-8,13-15H,9-12H2,1-2H3. The summed E-state index contributed by atoms with van der Waals surface area (Å²) in [6.07, 6.45) is 2.84. The predicted molar refractivity (Wildman–Crippen MR) is 119 cm³/mol. The Balaban J connectivity index is 1.48. The fourth-order valence-corrected chi connectivity index (χ4v) is 6.44. The minimum atomic E-state index is -3.82. The molecule has 0 bridgehead atoms. The molecule has 0 N–H and O–H groups in total. The summed E-state index contributed by atoms with van der Waals surface area (Å²) in [4.78, 5) is 4.03. The highest BCUT2D eigenvalue weighted by Gasteiger charge is 2.34. The van der Waals surface area contributed by atoms with Crippen molar-refractivity contribution in [2.75, 3.05) is 40.4 Å². The molecule has 0 spiro atoms. The first-order valence-corrected chi connectivity index (χ1v) is 12.9. The van der Waals surface area contributed by atoms with Gasteiger partial charge in [-0.15, -0.1) is 0 Å². The number of piperazine rings is 1. The van der Waals surface area contributed by atoms with Crippen molar-refractivity contribution in [2.45, 2.75) is 9.79 Å². The zero-order valence-corrected chi connectivity index (χ0v) is 19.7. The van der Waals surface area contributed by atoms with Gasteiger partial charge in [-0.1, -0.05) is 0 Å². The van der Waals surface area contributed by atoms with Gasteiger partial charge in [-0.2, -0.15) is 8.61 Å². The van der Waals surface area contributed by atoms with Crippen LogP contribution in [-0.2, 0) is 20.0 Å². The minimum Gasteiger partial charge on any atom is -0.493 e. The Morgan fingerprint density at radius 1 is 0.788 bits per heavy atom. The molecule has 0 amide bonds. The molecule has 0 radical (unpaired) electrons. The van der Waals surface area contributed by atoms with E-state index in [1.165, 1.54) is 59.6 Å². The van der Waals surface area contributed by atoms with E-state index in [1.54, 1.807) is 18.3 Å². The van der Waals surface area contributed by atoms with Crippen LogP contribution in [0.2, 0.25) is 0 Å². The van der Waals surface area contributed by atoms with E-state index in [0.717, 1.165) is 0 Å². The predicted octanol–water partition coefficient (Wildman–Crippen LogP) is 2.05. The Morgan fingerprint density at radius 3 is 1.85 bits per heavy atom. The number of benzene rings is 2. The summed E-state index contributed by atoms with van der Waals surface area (Å²) in [5.41, 5.74) is 0.706. The Bertz CT molecular complexity index is 1310. The highest BCUT2D eigenvalue weighted by Crippen LogP contribution is 2.31. The smallest absolute Gasteiger partial charge is 0.243 e. The highest BCUT2D eigenvalue weighted by molar-refractivity contribution is 7.89. The van der Waals surface area contributed by atoms with E-state index in [0.29, 0.717) is 22.8 Å². The van der Waals surface area contributed by atoms with Crippen LogP contribution in [0, 0.1) is 0 Å². The molecule has 0 saturated carbocycles. The van der Waals surface area contributed by atoms with Crippen molar-refractivity contribution in [1.82, 2.24) is 13.6 Å². The summed E-state index contributed by atoms with van der Waals surface area (Å²) in [5, 5.41) is 0. The third kappa shape index (κ3) is 4.47. The molecule has 3 aromatic rings. The normalized spacial score (nSPS) is 15.9. The number of rotatable bonds is 7. The lowest BCUT2D eigenvalue weighted by Crippen LogP contribution is -2.50. The van der Waals surface area contributed by atoms with Crippen LogP contribution >= 0.6 is 0 Å². The number of nitrogens with zero attached hydrogens (tertiary/aromatic N) is 3. The monoisotopic (exact) mass is 493 g/mol. The maximum Gasteiger partial charge on any atom is 0.243 e. The van der Waals surface area contributed by atoms with Crippen LogP contribution < -0.4 is 9.47 Å². The van der Waals surface area contributed by atoms with Crippen molar-refractivity contribution in [1.29, 1.82) is 0 Å². The molecule has 12 heteroatoms. The van der Waals surface area contributed by atoms with Gasteiger partial charge >= 0.3 is 0 Å². The van der Waals surface area contributed by atoms with Gasteiger partial charge in [0.25, 0.3) is 0 Å². The molecule has 1 aliphatic rings. The van der Waals surface area contributed by atoms with Crippen LogP contribution in [0.3, 0.4) is 0 Å². The van der Waals surface area contributed by atoms with Gasteiger partial charge in [-0.3, -0.25) is 0 Å². The van der Waals surface area contributed by atoms with Crippen LogP contribution in [-0.4, -0.2) is 70.8 Å². The summed E-state index contributed by atoms with van der Waals surface area (Å²) in [6.45, 7) is 0.148. The molecule has 2 heterocycles. The van der Waals surface area contributed by atoms with Crippen molar-refractivity contribution in [3.05, 3.63) is 55.1 Å². The summed E-state index contributed by atoms with van der Waals surface area (Å²) in [5.74, 6) is 1.25. The third-order valence-electron chi connectivity index (χ3n) is 5.40. The van der Waals surface area contributed by atoms with Gasteiger partial charge in [0.15, 0.2) is 23.7 Å². The Morgan fingerprint density at radius 2 is 1.33 bits per heavy atom. The molecule has 33 heavy (non-hydrogen) atoms. The Kier molecular flexibility index (Phi) is 6.43. The number of aromatic nitrogens is 1. The molecule has 1 aromatic heterocycles. The first-order valence-electron chi connectivity index (χ1n) is 9.98. The van der Waals surface area contributed by atoms with E-state index in [1.807, 2.05) is 0 Å². The third-order valence-corrected chi connectivity index (χ3v) is 9.21. The van der Waals surface area contributed by atoms with Crippen LogP contribution in [0.1, 0.15) is 0 Å². The van der Waals surface area contributed by atoms with Crippen LogP contribution in [0.4, 0.5) is 0 Å². The summed E-state index contributed by atoms with van der Waals surface area (Å²) in [6, 6.07) is 10.6. The van der Waals surface area contributed by atoms with Gasteiger partial charge < -0.3 is 13.9 Å². The van der Waals surface area contributed by atoms with E-state index in [2.05, 4.69) is 4.98 Å². The van der Waals surface area contributed by atoms with Gasteiger partial charge in [-0.25, -0.2) is 21.8 Å². The van der Waals surface area contributed by atoms with Gasteiger partial charge in [0.2, 0.25) is 20.0 Å². The Labute approximate surface area is 192 Å². The van der Waals surface area contributed by atoms with E-state index in [4.69, 9.17) is 13.9 Å². The van der Waals surface area contributed by atoms with E-state index < -0.39 is 20.0 Å². The van der Waals surface area contributed by atoms with Crippen molar-refractivity contribution in [2.24, 2.45) is 0 Å². The quantitative estimate of drug-likeness (QED) is 0.491. The lowest BCUT2D eigenvalue weighted by molar-refractivity contribution is 0.272. The topological polar surface area (TPSA) is 119 Å². The molecular formula is C21H23N3O7S2. The van der Waals surface area contributed by atoms with Crippen LogP contribution in [0.5, 0.6) is 11.5 Å². The van der Waals surface area contributed by atoms with E-state index >= 15 is 0 Å². The van der Waals surface area contributed by atoms with Crippen LogP contribution in [0.25, 0.3) is 11.3 Å². The minimum absolute atomic E-state index is 0.0338. The molecule has 0 unspecified atom stereocenters. The highest BCUT2D eigenvalue weighted by atomic mass is 32.2. The zero-order valence-electron chi connectivity index (χ0n) is 18.0. The second-order valence-electron chi connectivity index (χ2n) is 7.22. The molecule has 1 fully saturated rings. The molecule has 1 saturated heterocycles. The first kappa shape index (κ1) is 23.2. The SMILES string of the molecule is COc1ccc(S(=O)(=O)N2CCN(S(=O)(=O)c3ccc(-c4cnco4)cc3)CC2)cc1OC. The van der Waals surface area contributed by atoms with Gasteiger partial charge in [0.1, 0.15) is 0 Å². The number of hydrogen-bond donors (Lipinski definition) is 0. The van der Waals surface area contributed by atoms with Crippen molar-refractivity contribution >= 4 is 20.0 Å². The largest absolute Gasteiger partial charge is 0.493 e. The molecule has 4 rings (SSSR count). The van der Waals surface area contributed by atoms with Crippen molar-refractivity contribution < 1.29 is 30.7 Å². The lowest BCUT2D eigenvalue weighted by atomic mass is 10.2. The second-order valence-corrected chi connectivity index (χ2v) is 11.1. The molecule has 176 valence electrons. The molecule has 2 aromatic carbocycles. The average molecular weight is 494 g/mol. The summed E-state index contributed by atoms with van der Waals surface area (Å²) >= 11 is 0. The van der Waals surface area contributed by atoms with Gasteiger partial charge in [0, 0.05) is 37.8 Å². The maximum atomic E-state index is 13.1. The molecule has 0 atom stereocenters. The molecule has 10 nitrogen and oxygen atoms in total. The number of hydrogen-bond acceptors (Lipinski definition) is 8.